The van der Waals surface area contributed by atoms with Crippen LogP contribution in [-0.4, -0.2) is 0 Å². The van der Waals surface area contributed by atoms with E-state index < -0.39 is 0 Å². The molecule has 0 saturated heterocycles. The predicted molar refractivity (Wildman–Crippen MR) is 66.7 cm³/mol. The van der Waals surface area contributed by atoms with E-state index in [9.17, 15) is 0 Å². The minimum absolute atomic E-state index is 1.09. The second-order valence-electron chi connectivity index (χ2n) is 3.39. The molecule has 0 aliphatic heterocycles. The summed E-state index contributed by atoms with van der Waals surface area (Å²) in [5.74, 6) is 0. The first-order valence-electron chi connectivity index (χ1n) is 5.16. The Hall–Kier alpha value is -0.560. The van der Waals surface area contributed by atoms with Crippen LogP contribution in [0.3, 0.4) is 0 Å². The van der Waals surface area contributed by atoms with E-state index in [1.165, 1.54) is 15.6 Å². The number of rotatable bonds is 4. The predicted octanol–water partition coefficient (Wildman–Crippen LogP) is 4.52. The molecule has 0 unspecified atom stereocenters. The summed E-state index contributed by atoms with van der Waals surface area (Å²) in [4.78, 5) is 0. The molecule has 0 spiro atoms. The smallest absolute Gasteiger partial charge is 0.0209 e. The summed E-state index contributed by atoms with van der Waals surface area (Å²) in [5, 5.41) is 0. The third-order valence-corrected chi connectivity index (χ3v) is 3.07. The standard InChI is InChI=1S/C13H17Br/c1-3-5-6-7-11-8-9-12(4-2)13(14)10-11/h3,5,8-10H,4,6-7H2,1-2H3/b5-3-. The van der Waals surface area contributed by atoms with E-state index in [1.54, 1.807) is 0 Å². The third kappa shape index (κ3) is 3.30. The van der Waals surface area contributed by atoms with Gasteiger partial charge in [-0.2, -0.15) is 0 Å². The second-order valence-corrected chi connectivity index (χ2v) is 4.24. The molecule has 1 aromatic carbocycles. The molecule has 0 fully saturated rings. The van der Waals surface area contributed by atoms with Gasteiger partial charge in [-0.15, -0.1) is 0 Å². The van der Waals surface area contributed by atoms with Gasteiger partial charge in [0.05, 0.1) is 0 Å². The Morgan fingerprint density at radius 1 is 1.36 bits per heavy atom. The van der Waals surface area contributed by atoms with Crippen molar-refractivity contribution in [2.75, 3.05) is 0 Å². The normalized spacial score (nSPS) is 11.1. The Kier molecular flexibility index (Phi) is 4.95. The van der Waals surface area contributed by atoms with Crippen molar-refractivity contribution in [2.45, 2.75) is 33.1 Å². The molecule has 1 rings (SSSR count). The van der Waals surface area contributed by atoms with Gasteiger partial charge in [0.2, 0.25) is 0 Å². The summed E-state index contributed by atoms with van der Waals surface area (Å²) in [7, 11) is 0. The van der Waals surface area contributed by atoms with Crippen molar-refractivity contribution in [1.82, 2.24) is 0 Å². The van der Waals surface area contributed by atoms with Gasteiger partial charge in [-0.25, -0.2) is 0 Å². The molecule has 0 amide bonds. The number of hydrogen-bond donors (Lipinski definition) is 0. The molecule has 0 saturated carbocycles. The summed E-state index contributed by atoms with van der Waals surface area (Å²) in [5.41, 5.74) is 2.80. The molecule has 1 heteroatoms. The molecule has 0 atom stereocenters. The zero-order valence-electron chi connectivity index (χ0n) is 8.89. The van der Waals surface area contributed by atoms with Crippen LogP contribution in [0, 0.1) is 0 Å². The molecule has 0 aliphatic rings. The molecule has 0 heterocycles. The monoisotopic (exact) mass is 252 g/mol. The average molecular weight is 253 g/mol. The number of benzene rings is 1. The third-order valence-electron chi connectivity index (χ3n) is 2.33. The lowest BCUT2D eigenvalue weighted by molar-refractivity contribution is 0.991. The molecule has 1 aromatic rings. The van der Waals surface area contributed by atoms with Gasteiger partial charge in [-0.05, 0) is 43.4 Å². The summed E-state index contributed by atoms with van der Waals surface area (Å²) in [6, 6.07) is 6.69. The van der Waals surface area contributed by atoms with E-state index in [2.05, 4.69) is 60.1 Å². The molecule has 0 N–H and O–H groups in total. The summed E-state index contributed by atoms with van der Waals surface area (Å²) < 4.78 is 1.25. The van der Waals surface area contributed by atoms with E-state index in [4.69, 9.17) is 0 Å². The largest absolute Gasteiger partial charge is 0.0917 e. The quantitative estimate of drug-likeness (QED) is 0.692. The number of allylic oxidation sites excluding steroid dienone is 2. The van der Waals surface area contributed by atoms with Crippen LogP contribution in [0.5, 0.6) is 0 Å². The maximum atomic E-state index is 3.60. The van der Waals surface area contributed by atoms with Crippen molar-refractivity contribution in [3.8, 4) is 0 Å². The number of aryl methyl sites for hydroxylation is 2. The fraction of sp³-hybridized carbons (Fsp3) is 0.385. The van der Waals surface area contributed by atoms with Gasteiger partial charge >= 0.3 is 0 Å². The van der Waals surface area contributed by atoms with Gasteiger partial charge in [0.25, 0.3) is 0 Å². The van der Waals surface area contributed by atoms with Gasteiger partial charge in [0.1, 0.15) is 0 Å². The molecule has 14 heavy (non-hydrogen) atoms. The van der Waals surface area contributed by atoms with Crippen molar-refractivity contribution in [3.63, 3.8) is 0 Å². The van der Waals surface area contributed by atoms with Crippen molar-refractivity contribution in [3.05, 3.63) is 46.0 Å². The lowest BCUT2D eigenvalue weighted by atomic mass is 10.1. The van der Waals surface area contributed by atoms with Crippen molar-refractivity contribution >= 4 is 15.9 Å². The van der Waals surface area contributed by atoms with Gasteiger partial charge in [-0.3, -0.25) is 0 Å². The Balaban J connectivity index is 2.66. The molecule has 0 nitrogen and oxygen atoms in total. The molecular weight excluding hydrogens is 236 g/mol. The number of hydrogen-bond acceptors (Lipinski definition) is 0. The van der Waals surface area contributed by atoms with E-state index in [1.807, 2.05) is 0 Å². The lowest BCUT2D eigenvalue weighted by Gasteiger charge is -2.04. The highest BCUT2D eigenvalue weighted by Crippen LogP contribution is 2.19. The van der Waals surface area contributed by atoms with Crippen LogP contribution in [0.25, 0.3) is 0 Å². The van der Waals surface area contributed by atoms with E-state index >= 15 is 0 Å². The Labute approximate surface area is 95.2 Å². The van der Waals surface area contributed by atoms with Crippen LogP contribution < -0.4 is 0 Å². The number of halogens is 1. The summed E-state index contributed by atoms with van der Waals surface area (Å²) >= 11 is 3.60. The first kappa shape index (κ1) is 11.5. The fourth-order valence-corrected chi connectivity index (χ4v) is 2.16. The van der Waals surface area contributed by atoms with Gasteiger partial charge in [0.15, 0.2) is 0 Å². The van der Waals surface area contributed by atoms with Gasteiger partial charge in [0, 0.05) is 4.47 Å². The highest BCUT2D eigenvalue weighted by Gasteiger charge is 1.98. The zero-order chi connectivity index (χ0) is 10.4. The van der Waals surface area contributed by atoms with E-state index in [-0.39, 0.29) is 0 Å². The first-order valence-corrected chi connectivity index (χ1v) is 5.95. The maximum Gasteiger partial charge on any atom is 0.0209 e. The van der Waals surface area contributed by atoms with Crippen LogP contribution in [0.15, 0.2) is 34.8 Å². The lowest BCUT2D eigenvalue weighted by Crippen LogP contribution is -1.87. The SMILES string of the molecule is C/C=C\CCc1ccc(CC)c(Br)c1. The molecule has 0 aliphatic carbocycles. The molecule has 0 aromatic heterocycles. The topological polar surface area (TPSA) is 0 Å². The maximum absolute atomic E-state index is 3.60. The Morgan fingerprint density at radius 2 is 2.14 bits per heavy atom. The Bertz CT molecular complexity index is 313. The minimum Gasteiger partial charge on any atom is -0.0917 e. The van der Waals surface area contributed by atoms with E-state index in [0.717, 1.165) is 19.3 Å². The van der Waals surface area contributed by atoms with Crippen LogP contribution in [0.2, 0.25) is 0 Å². The van der Waals surface area contributed by atoms with Crippen LogP contribution in [-0.2, 0) is 12.8 Å². The average Bonchev–Trinajstić information content (AvgIpc) is 2.18. The van der Waals surface area contributed by atoms with Crippen molar-refractivity contribution in [2.24, 2.45) is 0 Å². The highest BCUT2D eigenvalue weighted by molar-refractivity contribution is 9.10. The fourth-order valence-electron chi connectivity index (χ4n) is 1.45. The van der Waals surface area contributed by atoms with E-state index in [0.29, 0.717) is 0 Å². The second kappa shape index (κ2) is 6.02. The van der Waals surface area contributed by atoms with Crippen LogP contribution in [0.1, 0.15) is 31.4 Å². The van der Waals surface area contributed by atoms with Crippen molar-refractivity contribution in [1.29, 1.82) is 0 Å². The minimum atomic E-state index is 1.09. The van der Waals surface area contributed by atoms with Crippen LogP contribution >= 0.6 is 15.9 Å². The van der Waals surface area contributed by atoms with Gasteiger partial charge in [-0.1, -0.05) is 47.1 Å². The first-order chi connectivity index (χ1) is 6.77. The summed E-state index contributed by atoms with van der Waals surface area (Å²) in [6.07, 6.45) is 7.67. The molecule has 76 valence electrons. The summed E-state index contributed by atoms with van der Waals surface area (Å²) in [6.45, 7) is 4.25. The zero-order valence-corrected chi connectivity index (χ0v) is 10.5. The highest BCUT2D eigenvalue weighted by atomic mass is 79.9. The molecular formula is C13H17Br. The van der Waals surface area contributed by atoms with Crippen molar-refractivity contribution < 1.29 is 0 Å². The van der Waals surface area contributed by atoms with Crippen LogP contribution in [0.4, 0.5) is 0 Å². The Morgan fingerprint density at radius 3 is 2.71 bits per heavy atom. The molecule has 0 bridgehead atoms. The van der Waals surface area contributed by atoms with Gasteiger partial charge < -0.3 is 0 Å². The molecule has 0 radical (unpaired) electrons.